The van der Waals surface area contributed by atoms with Crippen LogP contribution in [-0.4, -0.2) is 18.8 Å². The van der Waals surface area contributed by atoms with E-state index in [1.807, 2.05) is 20.8 Å². The van der Waals surface area contributed by atoms with Crippen LogP contribution in [0, 0.1) is 17.3 Å². The van der Waals surface area contributed by atoms with Gasteiger partial charge < -0.3 is 5.32 Å². The van der Waals surface area contributed by atoms with Crippen molar-refractivity contribution in [2.75, 3.05) is 13.1 Å². The monoisotopic (exact) mass is 199 g/mol. The van der Waals surface area contributed by atoms with Crippen molar-refractivity contribution in [2.24, 2.45) is 17.3 Å². The van der Waals surface area contributed by atoms with Gasteiger partial charge in [0, 0.05) is 0 Å². The second-order valence-corrected chi connectivity index (χ2v) is 6.14. The minimum absolute atomic E-state index is 0.194. The van der Waals surface area contributed by atoms with Gasteiger partial charge in [0.15, 0.2) is 0 Å². The average molecular weight is 199 g/mol. The number of alkyl halides is 1. The smallest absolute Gasteiger partial charge is 0.116 e. The fraction of sp³-hybridized carbons (Fsp3) is 1.00. The first-order valence-corrected chi connectivity index (χ1v) is 5.82. The average Bonchev–Trinajstić information content (AvgIpc) is 2.48. The van der Waals surface area contributed by atoms with Gasteiger partial charge in [-0.1, -0.05) is 20.8 Å². The molecule has 0 aromatic carbocycles. The number of halogens is 1. The number of fused-ring (bicyclic) bond motifs is 1. The maximum atomic E-state index is 14.7. The van der Waals surface area contributed by atoms with Gasteiger partial charge in [-0.3, -0.25) is 0 Å². The molecule has 82 valence electrons. The van der Waals surface area contributed by atoms with E-state index >= 15 is 0 Å². The molecule has 0 radical (unpaired) electrons. The van der Waals surface area contributed by atoms with Crippen LogP contribution in [0.1, 0.15) is 40.0 Å². The molecule has 0 aromatic rings. The summed E-state index contributed by atoms with van der Waals surface area (Å²) < 4.78 is 14.7. The standard InChI is InChI=1S/C12H22FN/c1-11(2,3)12(13)5-4-9-7-14-8-10(9)6-12/h9-10,14H,4-8H2,1-3H3. The largest absolute Gasteiger partial charge is 0.316 e. The molecule has 2 rings (SSSR count). The van der Waals surface area contributed by atoms with Gasteiger partial charge >= 0.3 is 0 Å². The molecule has 3 atom stereocenters. The summed E-state index contributed by atoms with van der Waals surface area (Å²) in [5.41, 5.74) is -1.12. The Hall–Kier alpha value is -0.110. The van der Waals surface area contributed by atoms with E-state index in [9.17, 15) is 4.39 Å². The van der Waals surface area contributed by atoms with Crippen LogP contribution in [0.2, 0.25) is 0 Å². The lowest BCUT2D eigenvalue weighted by atomic mass is 9.64. The van der Waals surface area contributed by atoms with Crippen LogP contribution in [0.15, 0.2) is 0 Å². The van der Waals surface area contributed by atoms with E-state index in [4.69, 9.17) is 0 Å². The topological polar surface area (TPSA) is 12.0 Å². The first-order valence-electron chi connectivity index (χ1n) is 5.82. The van der Waals surface area contributed by atoms with Crippen LogP contribution in [0.5, 0.6) is 0 Å². The van der Waals surface area contributed by atoms with E-state index in [2.05, 4.69) is 5.32 Å². The van der Waals surface area contributed by atoms with Gasteiger partial charge in [-0.2, -0.15) is 0 Å². The Kier molecular flexibility index (Phi) is 2.37. The van der Waals surface area contributed by atoms with Gasteiger partial charge in [0.25, 0.3) is 0 Å². The fourth-order valence-electron chi connectivity index (χ4n) is 2.98. The van der Waals surface area contributed by atoms with Crippen LogP contribution in [-0.2, 0) is 0 Å². The van der Waals surface area contributed by atoms with Gasteiger partial charge in [-0.25, -0.2) is 4.39 Å². The highest BCUT2D eigenvalue weighted by molar-refractivity contribution is 5.00. The van der Waals surface area contributed by atoms with Gasteiger partial charge in [-0.05, 0) is 49.6 Å². The molecular formula is C12H22FN. The molecule has 2 heteroatoms. The zero-order valence-corrected chi connectivity index (χ0v) is 9.57. The SMILES string of the molecule is CC(C)(C)C1(F)CCC2CNCC2C1. The van der Waals surface area contributed by atoms with Gasteiger partial charge in [-0.15, -0.1) is 0 Å². The molecular weight excluding hydrogens is 177 g/mol. The summed E-state index contributed by atoms with van der Waals surface area (Å²) in [5, 5.41) is 3.39. The minimum Gasteiger partial charge on any atom is -0.316 e. The maximum Gasteiger partial charge on any atom is 0.116 e. The second kappa shape index (κ2) is 3.19. The van der Waals surface area contributed by atoms with Gasteiger partial charge in [0.2, 0.25) is 0 Å². The normalized spacial score (nSPS) is 43.7. The summed E-state index contributed by atoms with van der Waals surface area (Å²) in [5.74, 6) is 1.34. The first kappa shape index (κ1) is 10.4. The lowest BCUT2D eigenvalue weighted by Gasteiger charge is -2.44. The molecule has 1 aliphatic heterocycles. The predicted octanol–water partition coefficient (Wildman–Crippen LogP) is 2.76. The van der Waals surface area contributed by atoms with Crippen molar-refractivity contribution < 1.29 is 4.39 Å². The summed E-state index contributed by atoms with van der Waals surface area (Å²) in [6, 6.07) is 0. The van der Waals surface area contributed by atoms with Crippen molar-refractivity contribution in [3.05, 3.63) is 0 Å². The van der Waals surface area contributed by atoms with Crippen LogP contribution in [0.3, 0.4) is 0 Å². The molecule has 2 fully saturated rings. The van der Waals surface area contributed by atoms with Crippen LogP contribution in [0.4, 0.5) is 4.39 Å². The second-order valence-electron chi connectivity index (χ2n) is 6.14. The zero-order valence-electron chi connectivity index (χ0n) is 9.57. The molecule has 1 aliphatic carbocycles. The third-order valence-electron chi connectivity index (χ3n) is 4.32. The van der Waals surface area contributed by atoms with E-state index in [1.165, 1.54) is 0 Å². The van der Waals surface area contributed by atoms with E-state index < -0.39 is 5.67 Å². The molecule has 0 bridgehead atoms. The summed E-state index contributed by atoms with van der Waals surface area (Å²) in [6.45, 7) is 8.26. The van der Waals surface area contributed by atoms with Gasteiger partial charge in [0.1, 0.15) is 5.67 Å². The summed E-state index contributed by atoms with van der Waals surface area (Å²) >= 11 is 0. The Labute approximate surface area is 86.5 Å². The molecule has 0 spiro atoms. The van der Waals surface area contributed by atoms with Crippen molar-refractivity contribution in [3.8, 4) is 0 Å². The van der Waals surface area contributed by atoms with Crippen molar-refractivity contribution in [1.82, 2.24) is 5.32 Å². The number of rotatable bonds is 0. The fourth-order valence-corrected chi connectivity index (χ4v) is 2.98. The summed E-state index contributed by atoms with van der Waals surface area (Å²) in [6.07, 6.45) is 2.61. The molecule has 1 N–H and O–H groups in total. The van der Waals surface area contributed by atoms with Crippen molar-refractivity contribution in [1.29, 1.82) is 0 Å². The number of hydrogen-bond donors (Lipinski definition) is 1. The summed E-state index contributed by atoms with van der Waals surface area (Å²) in [7, 11) is 0. The van der Waals surface area contributed by atoms with Crippen molar-refractivity contribution in [2.45, 2.75) is 45.7 Å². The third kappa shape index (κ3) is 1.58. The third-order valence-corrected chi connectivity index (χ3v) is 4.32. The van der Waals surface area contributed by atoms with Gasteiger partial charge in [0.05, 0.1) is 0 Å². The Bertz CT molecular complexity index is 221. The van der Waals surface area contributed by atoms with E-state index in [0.29, 0.717) is 5.92 Å². The molecule has 0 amide bonds. The molecule has 3 unspecified atom stereocenters. The molecule has 1 heterocycles. The predicted molar refractivity (Wildman–Crippen MR) is 57.0 cm³/mol. The van der Waals surface area contributed by atoms with Crippen molar-refractivity contribution >= 4 is 0 Å². The highest BCUT2D eigenvalue weighted by atomic mass is 19.1. The van der Waals surface area contributed by atoms with Crippen LogP contribution in [0.25, 0.3) is 0 Å². The minimum atomic E-state index is -0.930. The highest BCUT2D eigenvalue weighted by Crippen LogP contribution is 2.49. The van der Waals surface area contributed by atoms with Crippen molar-refractivity contribution in [3.63, 3.8) is 0 Å². The Balaban J connectivity index is 2.10. The van der Waals surface area contributed by atoms with E-state index in [1.54, 1.807) is 0 Å². The number of nitrogens with one attached hydrogen (secondary N) is 1. The Morgan fingerprint density at radius 2 is 1.86 bits per heavy atom. The Morgan fingerprint density at radius 1 is 1.21 bits per heavy atom. The van der Waals surface area contributed by atoms with E-state index in [0.717, 1.165) is 38.3 Å². The molecule has 2 aliphatic rings. The molecule has 1 nitrogen and oxygen atoms in total. The number of hydrogen-bond acceptors (Lipinski definition) is 1. The molecule has 1 saturated carbocycles. The Morgan fingerprint density at radius 3 is 2.50 bits per heavy atom. The highest BCUT2D eigenvalue weighted by Gasteiger charge is 2.49. The lowest BCUT2D eigenvalue weighted by Crippen LogP contribution is -2.45. The quantitative estimate of drug-likeness (QED) is 0.632. The zero-order chi connectivity index (χ0) is 10.4. The van der Waals surface area contributed by atoms with Crippen LogP contribution >= 0.6 is 0 Å². The lowest BCUT2D eigenvalue weighted by molar-refractivity contribution is -0.0334. The molecule has 0 aromatic heterocycles. The molecule has 1 saturated heterocycles. The van der Waals surface area contributed by atoms with Crippen LogP contribution < -0.4 is 5.32 Å². The van der Waals surface area contributed by atoms with E-state index in [-0.39, 0.29) is 5.41 Å². The summed E-state index contributed by atoms with van der Waals surface area (Å²) in [4.78, 5) is 0. The molecule has 14 heavy (non-hydrogen) atoms. The maximum absolute atomic E-state index is 14.7. The first-order chi connectivity index (χ1) is 6.42.